The van der Waals surface area contributed by atoms with Gasteiger partial charge >= 0.3 is 6.03 Å². The standard InChI is InChI=1S/C20H29F2N3O3/c1-14-10-25(12-17(28-14)13-27-2)20(26)23-16-5-7-24(8-6-16)11-15-3-4-18(21)19(22)9-15/h3-4,9,14,16-17H,5-8,10-13H2,1-2H3,(H,23,26). The lowest BCUT2D eigenvalue weighted by molar-refractivity contribution is -0.0899. The van der Waals surface area contributed by atoms with E-state index in [-0.39, 0.29) is 24.3 Å². The zero-order valence-electron chi connectivity index (χ0n) is 16.5. The normalized spacial score (nSPS) is 24.4. The average Bonchev–Trinajstić information content (AvgIpc) is 2.66. The third-order valence-electron chi connectivity index (χ3n) is 5.27. The fraction of sp³-hybridized carbons (Fsp3) is 0.650. The van der Waals surface area contributed by atoms with Crippen LogP contribution in [0.3, 0.4) is 0 Å². The molecule has 2 saturated heterocycles. The number of rotatable bonds is 5. The maximum absolute atomic E-state index is 13.4. The first-order chi connectivity index (χ1) is 13.4. The summed E-state index contributed by atoms with van der Waals surface area (Å²) in [5, 5.41) is 3.13. The van der Waals surface area contributed by atoms with Crippen LogP contribution in [-0.2, 0) is 16.0 Å². The number of hydrogen-bond acceptors (Lipinski definition) is 4. The first-order valence-corrected chi connectivity index (χ1v) is 9.80. The van der Waals surface area contributed by atoms with Crippen LogP contribution in [0.25, 0.3) is 0 Å². The van der Waals surface area contributed by atoms with Crippen LogP contribution in [0.15, 0.2) is 18.2 Å². The molecule has 0 aliphatic carbocycles. The van der Waals surface area contributed by atoms with Crippen LogP contribution in [0.5, 0.6) is 0 Å². The summed E-state index contributed by atoms with van der Waals surface area (Å²) in [6.45, 7) is 5.71. The van der Waals surface area contributed by atoms with Crippen LogP contribution >= 0.6 is 0 Å². The highest BCUT2D eigenvalue weighted by molar-refractivity contribution is 5.74. The predicted molar refractivity (Wildman–Crippen MR) is 101 cm³/mol. The van der Waals surface area contributed by atoms with Crippen molar-refractivity contribution in [3.8, 4) is 0 Å². The molecule has 2 amide bonds. The second-order valence-electron chi connectivity index (χ2n) is 7.68. The average molecular weight is 397 g/mol. The molecule has 2 unspecified atom stereocenters. The molecular formula is C20H29F2N3O3. The molecule has 3 rings (SSSR count). The van der Waals surface area contributed by atoms with Crippen LogP contribution in [0.4, 0.5) is 13.6 Å². The number of halogens is 2. The Labute approximate surface area is 164 Å². The van der Waals surface area contributed by atoms with Crippen LogP contribution in [0, 0.1) is 11.6 Å². The Bertz CT molecular complexity index is 668. The van der Waals surface area contributed by atoms with Gasteiger partial charge in [0.15, 0.2) is 11.6 Å². The minimum absolute atomic E-state index is 0.0161. The van der Waals surface area contributed by atoms with Gasteiger partial charge in [-0.2, -0.15) is 0 Å². The summed E-state index contributed by atoms with van der Waals surface area (Å²) in [6.07, 6.45) is 1.54. The van der Waals surface area contributed by atoms with Gasteiger partial charge in [0.1, 0.15) is 0 Å². The Balaban J connectivity index is 1.44. The van der Waals surface area contributed by atoms with Crippen LogP contribution in [0.1, 0.15) is 25.3 Å². The Morgan fingerprint density at radius 1 is 1.25 bits per heavy atom. The topological polar surface area (TPSA) is 54.0 Å². The highest BCUT2D eigenvalue weighted by Gasteiger charge is 2.30. The van der Waals surface area contributed by atoms with E-state index in [9.17, 15) is 13.6 Å². The summed E-state index contributed by atoms with van der Waals surface area (Å²) in [5.74, 6) is -1.64. The molecule has 0 aromatic heterocycles. The largest absolute Gasteiger partial charge is 0.382 e. The minimum Gasteiger partial charge on any atom is -0.382 e. The van der Waals surface area contributed by atoms with Gasteiger partial charge < -0.3 is 19.7 Å². The lowest BCUT2D eigenvalue weighted by Crippen LogP contribution is -2.56. The van der Waals surface area contributed by atoms with Gasteiger partial charge in [-0.1, -0.05) is 6.07 Å². The van der Waals surface area contributed by atoms with E-state index in [4.69, 9.17) is 9.47 Å². The minimum atomic E-state index is -0.824. The molecule has 0 saturated carbocycles. The van der Waals surface area contributed by atoms with Gasteiger partial charge in [0.05, 0.1) is 25.4 Å². The van der Waals surface area contributed by atoms with E-state index in [1.54, 1.807) is 18.1 Å². The zero-order chi connectivity index (χ0) is 20.1. The second kappa shape index (κ2) is 9.62. The van der Waals surface area contributed by atoms with Crippen LogP contribution in [-0.4, -0.2) is 74.0 Å². The molecule has 0 radical (unpaired) electrons. The molecule has 156 valence electrons. The smallest absolute Gasteiger partial charge is 0.317 e. The van der Waals surface area contributed by atoms with Crippen molar-refractivity contribution in [3.05, 3.63) is 35.4 Å². The molecule has 2 aliphatic rings. The molecule has 6 nitrogen and oxygen atoms in total. The molecule has 2 heterocycles. The zero-order valence-corrected chi connectivity index (χ0v) is 16.5. The molecule has 28 heavy (non-hydrogen) atoms. The van der Waals surface area contributed by atoms with E-state index in [2.05, 4.69) is 10.2 Å². The van der Waals surface area contributed by atoms with Gasteiger partial charge in [-0.3, -0.25) is 4.90 Å². The molecular weight excluding hydrogens is 368 g/mol. The maximum atomic E-state index is 13.4. The van der Waals surface area contributed by atoms with Gasteiger partial charge in [-0.05, 0) is 37.5 Å². The Morgan fingerprint density at radius 3 is 2.68 bits per heavy atom. The van der Waals surface area contributed by atoms with Crippen molar-refractivity contribution in [3.63, 3.8) is 0 Å². The number of hydrogen-bond donors (Lipinski definition) is 1. The number of carbonyl (C=O) groups is 1. The first-order valence-electron chi connectivity index (χ1n) is 9.80. The maximum Gasteiger partial charge on any atom is 0.317 e. The van der Waals surface area contributed by atoms with Gasteiger partial charge in [-0.15, -0.1) is 0 Å². The van der Waals surface area contributed by atoms with E-state index >= 15 is 0 Å². The summed E-state index contributed by atoms with van der Waals surface area (Å²) < 4.78 is 37.3. The molecule has 2 fully saturated rings. The molecule has 1 aromatic rings. The van der Waals surface area contributed by atoms with E-state index in [0.717, 1.165) is 37.6 Å². The fourth-order valence-electron chi connectivity index (χ4n) is 3.89. The molecule has 0 bridgehead atoms. The van der Waals surface area contributed by atoms with Crippen molar-refractivity contribution in [2.45, 2.75) is 44.6 Å². The molecule has 0 spiro atoms. The monoisotopic (exact) mass is 397 g/mol. The molecule has 8 heteroatoms. The number of methoxy groups -OCH3 is 1. The van der Waals surface area contributed by atoms with Gasteiger partial charge in [-0.25, -0.2) is 13.6 Å². The van der Waals surface area contributed by atoms with E-state index in [1.165, 1.54) is 6.07 Å². The highest BCUT2D eigenvalue weighted by Crippen LogP contribution is 2.17. The summed E-state index contributed by atoms with van der Waals surface area (Å²) in [7, 11) is 1.63. The number of nitrogens with zero attached hydrogens (tertiary/aromatic N) is 2. The summed E-state index contributed by atoms with van der Waals surface area (Å²) in [4.78, 5) is 16.6. The van der Waals surface area contributed by atoms with Crippen molar-refractivity contribution in [2.75, 3.05) is 39.9 Å². The van der Waals surface area contributed by atoms with Crippen molar-refractivity contribution >= 4 is 6.03 Å². The number of ether oxygens (including phenoxy) is 2. The SMILES string of the molecule is COCC1CN(C(=O)NC2CCN(Cc3ccc(F)c(F)c3)CC2)CC(C)O1. The number of benzene rings is 1. The fourth-order valence-corrected chi connectivity index (χ4v) is 3.89. The van der Waals surface area contributed by atoms with Crippen molar-refractivity contribution in [1.82, 2.24) is 15.1 Å². The van der Waals surface area contributed by atoms with Crippen LogP contribution < -0.4 is 5.32 Å². The quantitative estimate of drug-likeness (QED) is 0.829. The van der Waals surface area contributed by atoms with Gasteiger partial charge in [0, 0.05) is 39.3 Å². The number of amides is 2. The number of carbonyl (C=O) groups excluding carboxylic acids is 1. The molecule has 2 atom stereocenters. The van der Waals surface area contributed by atoms with Crippen LogP contribution in [0.2, 0.25) is 0 Å². The van der Waals surface area contributed by atoms with E-state index in [1.807, 2.05) is 6.92 Å². The van der Waals surface area contributed by atoms with Gasteiger partial charge in [0.25, 0.3) is 0 Å². The number of nitrogens with one attached hydrogen (secondary N) is 1. The molecule has 1 aromatic carbocycles. The number of piperidine rings is 1. The Morgan fingerprint density at radius 2 is 2.00 bits per heavy atom. The number of morpholine rings is 1. The predicted octanol–water partition coefficient (Wildman–Crippen LogP) is 2.37. The highest BCUT2D eigenvalue weighted by atomic mass is 19.2. The summed E-state index contributed by atoms with van der Waals surface area (Å²) in [6, 6.07) is 4.09. The summed E-state index contributed by atoms with van der Waals surface area (Å²) >= 11 is 0. The Kier molecular flexibility index (Phi) is 7.20. The molecule has 1 N–H and O–H groups in total. The first kappa shape index (κ1) is 21.0. The Hall–Kier alpha value is -1.77. The van der Waals surface area contributed by atoms with E-state index in [0.29, 0.717) is 26.2 Å². The van der Waals surface area contributed by atoms with E-state index < -0.39 is 11.6 Å². The van der Waals surface area contributed by atoms with Crippen molar-refractivity contribution in [1.29, 1.82) is 0 Å². The van der Waals surface area contributed by atoms with Crippen molar-refractivity contribution < 1.29 is 23.0 Å². The van der Waals surface area contributed by atoms with Gasteiger partial charge in [0.2, 0.25) is 0 Å². The third-order valence-corrected chi connectivity index (χ3v) is 5.27. The number of urea groups is 1. The summed E-state index contributed by atoms with van der Waals surface area (Å²) in [5.41, 5.74) is 0.757. The lowest BCUT2D eigenvalue weighted by Gasteiger charge is -2.38. The molecule has 2 aliphatic heterocycles. The number of likely N-dealkylation sites (tertiary alicyclic amines) is 1. The lowest BCUT2D eigenvalue weighted by atomic mass is 10.0. The second-order valence-corrected chi connectivity index (χ2v) is 7.68. The van der Waals surface area contributed by atoms with Crippen molar-refractivity contribution in [2.24, 2.45) is 0 Å². The third kappa shape index (κ3) is 5.62.